The summed E-state index contributed by atoms with van der Waals surface area (Å²) in [6, 6.07) is 12.8. The number of aliphatic carboxylic acids is 1. The smallest absolute Gasteiger partial charge is 0.410 e. The molecule has 7 nitrogen and oxygen atoms in total. The van der Waals surface area contributed by atoms with Crippen molar-refractivity contribution in [2.24, 2.45) is 4.99 Å². The molecule has 0 radical (unpaired) electrons. The molecule has 1 aromatic carbocycles. The number of carbonyl (C=O) groups is 2. The molecule has 1 aliphatic carbocycles. The zero-order valence-corrected chi connectivity index (χ0v) is 20.2. The molecule has 1 saturated carbocycles. The second-order valence-corrected chi connectivity index (χ2v) is 10.9. The zero-order valence-electron chi connectivity index (χ0n) is 18.5. The first kappa shape index (κ1) is 22.4. The van der Waals surface area contributed by atoms with Gasteiger partial charge in [0.05, 0.1) is 8.89 Å². The Hall–Kier alpha value is -3.35. The number of fused-ring (bicyclic) bond motifs is 1. The molecule has 3 unspecified atom stereocenters. The molecule has 2 aromatic heterocycles. The van der Waals surface area contributed by atoms with Crippen LogP contribution >= 0.6 is 22.7 Å². The van der Waals surface area contributed by atoms with Crippen molar-refractivity contribution in [1.82, 2.24) is 5.32 Å². The van der Waals surface area contributed by atoms with Crippen LogP contribution in [0.25, 0.3) is 9.40 Å². The van der Waals surface area contributed by atoms with E-state index in [0.717, 1.165) is 24.7 Å². The van der Waals surface area contributed by atoms with Gasteiger partial charge in [-0.2, -0.15) is 0 Å². The van der Waals surface area contributed by atoms with E-state index >= 15 is 0 Å². The number of nitrogens with one attached hydrogen (secondary N) is 1. The molecule has 3 aromatic rings. The summed E-state index contributed by atoms with van der Waals surface area (Å²) < 4.78 is 12.1. The third-order valence-corrected chi connectivity index (χ3v) is 8.62. The minimum atomic E-state index is -1.15. The van der Waals surface area contributed by atoms with E-state index in [-0.39, 0.29) is 0 Å². The molecule has 34 heavy (non-hydrogen) atoms. The summed E-state index contributed by atoms with van der Waals surface area (Å²) in [5, 5.41) is 13.3. The number of rotatable bonds is 5. The molecular weight excluding hydrogens is 472 g/mol. The Kier molecular flexibility index (Phi) is 5.58. The Balaban J connectivity index is 1.26. The van der Waals surface area contributed by atoms with Crippen molar-refractivity contribution in [3.05, 3.63) is 57.8 Å². The summed E-state index contributed by atoms with van der Waals surface area (Å²) in [5.74, 6) is 5.46. The SMILES string of the molecule is CC(OC(=O)NC1(C)OC=NC1C#Cc1cc2cc(C3(C(=O)O)CC3)sc2s1)c1ccccc1. The second kappa shape index (κ2) is 8.46. The van der Waals surface area contributed by atoms with Crippen molar-refractivity contribution in [3.63, 3.8) is 0 Å². The highest BCUT2D eigenvalue weighted by Crippen LogP contribution is 2.52. The molecule has 174 valence electrons. The molecule has 2 N–H and O–H groups in total. The van der Waals surface area contributed by atoms with Crippen molar-refractivity contribution in [1.29, 1.82) is 0 Å². The number of hydrogen-bond acceptors (Lipinski definition) is 7. The maximum absolute atomic E-state index is 12.5. The Labute approximate surface area is 204 Å². The number of benzene rings is 1. The van der Waals surface area contributed by atoms with Crippen LogP contribution < -0.4 is 5.32 Å². The maximum Gasteiger partial charge on any atom is 0.410 e. The van der Waals surface area contributed by atoms with Gasteiger partial charge >= 0.3 is 12.1 Å². The molecule has 3 atom stereocenters. The third kappa shape index (κ3) is 4.15. The lowest BCUT2D eigenvalue weighted by atomic mass is 10.1. The normalized spacial score (nSPS) is 22.9. The first-order valence-electron chi connectivity index (χ1n) is 10.8. The number of aliphatic imine (C=N–C) groups is 1. The lowest BCUT2D eigenvalue weighted by molar-refractivity contribution is -0.139. The molecule has 1 fully saturated rings. The Bertz CT molecular complexity index is 1310. The van der Waals surface area contributed by atoms with Gasteiger partial charge in [0.15, 0.2) is 12.4 Å². The number of hydrogen-bond donors (Lipinski definition) is 2. The predicted molar refractivity (Wildman–Crippen MR) is 131 cm³/mol. The first-order valence-corrected chi connectivity index (χ1v) is 12.4. The van der Waals surface area contributed by atoms with Crippen LogP contribution in [0.15, 0.2) is 47.5 Å². The monoisotopic (exact) mass is 494 g/mol. The third-order valence-electron chi connectivity index (χ3n) is 6.11. The predicted octanol–water partition coefficient (Wildman–Crippen LogP) is 5.06. The van der Waals surface area contributed by atoms with E-state index in [2.05, 4.69) is 22.2 Å². The highest BCUT2D eigenvalue weighted by atomic mass is 32.2. The van der Waals surface area contributed by atoms with E-state index in [9.17, 15) is 14.7 Å². The van der Waals surface area contributed by atoms with Gasteiger partial charge in [-0.15, -0.1) is 22.7 Å². The van der Waals surface area contributed by atoms with E-state index < -0.39 is 35.3 Å². The molecule has 9 heteroatoms. The summed E-state index contributed by atoms with van der Waals surface area (Å²) >= 11 is 3.05. The van der Waals surface area contributed by atoms with Gasteiger partial charge in [0, 0.05) is 10.3 Å². The summed E-state index contributed by atoms with van der Waals surface area (Å²) in [6.07, 6.45) is 1.64. The molecule has 0 saturated heterocycles. The lowest BCUT2D eigenvalue weighted by Crippen LogP contribution is -2.53. The summed E-state index contributed by atoms with van der Waals surface area (Å²) in [6.45, 7) is 3.50. The highest BCUT2D eigenvalue weighted by Gasteiger charge is 2.53. The van der Waals surface area contributed by atoms with Gasteiger partial charge in [0.1, 0.15) is 11.5 Å². The molecule has 1 aliphatic heterocycles. The summed E-state index contributed by atoms with van der Waals surface area (Å²) in [7, 11) is 0. The van der Waals surface area contributed by atoms with Gasteiger partial charge in [0.25, 0.3) is 0 Å². The molecule has 2 aliphatic rings. The van der Waals surface area contributed by atoms with Gasteiger partial charge < -0.3 is 14.6 Å². The number of ether oxygens (including phenoxy) is 2. The molecular formula is C25H22N2O5S2. The summed E-state index contributed by atoms with van der Waals surface area (Å²) in [4.78, 5) is 30.1. The summed E-state index contributed by atoms with van der Waals surface area (Å²) in [5.41, 5.74) is -0.951. The fraction of sp³-hybridized carbons (Fsp3) is 0.320. The topological polar surface area (TPSA) is 97.2 Å². The number of carbonyl (C=O) groups excluding carboxylic acids is 1. The first-order chi connectivity index (χ1) is 16.3. The van der Waals surface area contributed by atoms with Gasteiger partial charge in [-0.1, -0.05) is 42.2 Å². The maximum atomic E-state index is 12.5. The van der Waals surface area contributed by atoms with Crippen LogP contribution in [0.4, 0.5) is 4.79 Å². The van der Waals surface area contributed by atoms with Crippen LogP contribution in [-0.4, -0.2) is 35.3 Å². The van der Waals surface area contributed by atoms with Crippen LogP contribution in [0.2, 0.25) is 0 Å². The fourth-order valence-corrected chi connectivity index (χ4v) is 6.38. The zero-order chi connectivity index (χ0) is 23.9. The molecule has 5 rings (SSSR count). The van der Waals surface area contributed by atoms with Gasteiger partial charge in [-0.3, -0.25) is 10.1 Å². The van der Waals surface area contributed by atoms with Crippen molar-refractivity contribution in [2.45, 2.75) is 50.0 Å². The van der Waals surface area contributed by atoms with Crippen molar-refractivity contribution in [2.75, 3.05) is 0 Å². The number of thiophene rings is 2. The minimum absolute atomic E-state index is 0.420. The van der Waals surface area contributed by atoms with Crippen LogP contribution in [0, 0.1) is 11.8 Å². The Morgan fingerprint density at radius 1 is 1.26 bits per heavy atom. The van der Waals surface area contributed by atoms with Gasteiger partial charge in [-0.05, 0) is 44.4 Å². The minimum Gasteiger partial charge on any atom is -0.481 e. The average molecular weight is 495 g/mol. The van der Waals surface area contributed by atoms with E-state index in [1.54, 1.807) is 13.8 Å². The molecule has 3 heterocycles. The number of carboxylic acids is 1. The lowest BCUT2D eigenvalue weighted by Gasteiger charge is -2.27. The molecule has 1 amide bonds. The number of carboxylic acid groups (broad SMARTS) is 1. The molecule has 0 bridgehead atoms. The number of nitrogens with zero attached hydrogens (tertiary/aromatic N) is 1. The number of amides is 1. The van der Waals surface area contributed by atoms with Crippen LogP contribution in [0.5, 0.6) is 0 Å². The molecule has 0 spiro atoms. The second-order valence-electron chi connectivity index (χ2n) is 8.59. The average Bonchev–Trinajstić information content (AvgIpc) is 3.22. The largest absolute Gasteiger partial charge is 0.481 e. The van der Waals surface area contributed by atoms with Crippen LogP contribution in [0.3, 0.4) is 0 Å². The quantitative estimate of drug-likeness (QED) is 0.483. The standard InChI is InChI=1S/C25H22N2O5S2/c1-15(16-6-4-3-5-7-16)32-23(30)27-24(2)19(26-14-31-24)9-8-18-12-17-13-20(34-21(17)33-18)25(10-11-25)22(28)29/h3-7,12-15,19H,10-11H2,1-2H3,(H,27,30)(H,28,29). The van der Waals surface area contributed by atoms with Gasteiger partial charge in [-0.25, -0.2) is 9.79 Å². The number of alkyl carbamates (subject to hydrolysis) is 1. The van der Waals surface area contributed by atoms with E-state index in [0.29, 0.717) is 12.8 Å². The Morgan fingerprint density at radius 3 is 2.71 bits per heavy atom. The van der Waals surface area contributed by atoms with E-state index in [4.69, 9.17) is 9.47 Å². The van der Waals surface area contributed by atoms with Crippen LogP contribution in [-0.2, 0) is 19.7 Å². The van der Waals surface area contributed by atoms with Crippen molar-refractivity contribution in [3.8, 4) is 11.8 Å². The van der Waals surface area contributed by atoms with Gasteiger partial charge in [0.2, 0.25) is 5.72 Å². The van der Waals surface area contributed by atoms with Crippen molar-refractivity contribution < 1.29 is 24.2 Å². The van der Waals surface area contributed by atoms with E-state index in [1.165, 1.54) is 29.1 Å². The van der Waals surface area contributed by atoms with Crippen LogP contribution in [0.1, 0.15) is 48.1 Å². The highest BCUT2D eigenvalue weighted by molar-refractivity contribution is 7.38. The van der Waals surface area contributed by atoms with E-state index in [1.807, 2.05) is 42.5 Å². The van der Waals surface area contributed by atoms with Crippen molar-refractivity contribution >= 4 is 50.5 Å². The Morgan fingerprint density at radius 2 is 2.03 bits per heavy atom. The fourth-order valence-electron chi connectivity index (χ4n) is 3.83.